The summed E-state index contributed by atoms with van der Waals surface area (Å²) < 4.78 is 9.97. The van der Waals surface area contributed by atoms with E-state index >= 15 is 0 Å². The van der Waals surface area contributed by atoms with E-state index in [1.807, 2.05) is 0 Å². The molecule has 20 heavy (non-hydrogen) atoms. The molecule has 2 amide bonds. The van der Waals surface area contributed by atoms with Crippen LogP contribution in [0.2, 0.25) is 10.0 Å². The minimum Gasteiger partial charge on any atom is -0.383 e. The van der Waals surface area contributed by atoms with Gasteiger partial charge in [0, 0.05) is 32.3 Å². The lowest BCUT2D eigenvalue weighted by Gasteiger charge is -2.22. The average molecular weight is 321 g/mol. The van der Waals surface area contributed by atoms with Crippen LogP contribution >= 0.6 is 23.2 Å². The van der Waals surface area contributed by atoms with Crippen molar-refractivity contribution >= 4 is 34.9 Å². The third-order valence-corrected chi connectivity index (χ3v) is 3.15. The van der Waals surface area contributed by atoms with Gasteiger partial charge in [-0.2, -0.15) is 0 Å². The highest BCUT2D eigenvalue weighted by Gasteiger charge is 2.14. The van der Waals surface area contributed by atoms with Crippen LogP contribution in [0.15, 0.2) is 18.2 Å². The molecule has 0 aliphatic rings. The first-order valence-corrected chi connectivity index (χ1v) is 6.83. The van der Waals surface area contributed by atoms with E-state index in [0.717, 1.165) is 0 Å². The first kappa shape index (κ1) is 17.0. The summed E-state index contributed by atoms with van der Waals surface area (Å²) in [5.41, 5.74) is 0.476. The Balaban J connectivity index is 2.70. The number of hydrogen-bond acceptors (Lipinski definition) is 3. The number of ether oxygens (including phenoxy) is 2. The van der Waals surface area contributed by atoms with Crippen molar-refractivity contribution in [1.82, 2.24) is 4.90 Å². The lowest BCUT2D eigenvalue weighted by Crippen LogP contribution is -2.39. The number of halogens is 2. The molecule has 0 radical (unpaired) electrons. The second-order valence-corrected chi connectivity index (χ2v) is 4.87. The Kier molecular flexibility index (Phi) is 7.69. The Morgan fingerprint density at radius 3 is 2.35 bits per heavy atom. The van der Waals surface area contributed by atoms with Crippen LogP contribution in [0.1, 0.15) is 0 Å². The van der Waals surface area contributed by atoms with Crippen LogP contribution in [0.5, 0.6) is 0 Å². The maximum Gasteiger partial charge on any atom is 0.322 e. The third-order valence-electron chi connectivity index (χ3n) is 2.59. The van der Waals surface area contributed by atoms with E-state index in [1.165, 1.54) is 0 Å². The standard InChI is InChI=1S/C13H18Cl2N2O3/c1-19-7-5-17(6-8-20-2)13(18)16-12-9-10(14)3-4-11(12)15/h3-4,9H,5-8H2,1-2H3,(H,16,18). The van der Waals surface area contributed by atoms with Crippen molar-refractivity contribution in [2.75, 3.05) is 45.8 Å². The van der Waals surface area contributed by atoms with E-state index in [9.17, 15) is 4.79 Å². The second kappa shape index (κ2) is 9.02. The van der Waals surface area contributed by atoms with Crippen LogP contribution in [0.3, 0.4) is 0 Å². The van der Waals surface area contributed by atoms with Gasteiger partial charge in [0.05, 0.1) is 23.9 Å². The van der Waals surface area contributed by atoms with E-state index in [4.69, 9.17) is 32.7 Å². The molecule has 7 heteroatoms. The van der Waals surface area contributed by atoms with Crippen molar-refractivity contribution in [3.05, 3.63) is 28.2 Å². The minimum atomic E-state index is -0.275. The molecule has 5 nitrogen and oxygen atoms in total. The molecule has 1 aromatic carbocycles. The molecule has 1 N–H and O–H groups in total. The molecule has 0 heterocycles. The Morgan fingerprint density at radius 1 is 1.20 bits per heavy atom. The van der Waals surface area contributed by atoms with Crippen molar-refractivity contribution in [3.8, 4) is 0 Å². The third kappa shape index (κ3) is 5.54. The number of urea groups is 1. The highest BCUT2D eigenvalue weighted by molar-refractivity contribution is 6.35. The van der Waals surface area contributed by atoms with Crippen LogP contribution in [0, 0.1) is 0 Å². The zero-order valence-corrected chi connectivity index (χ0v) is 13.0. The summed E-state index contributed by atoms with van der Waals surface area (Å²) >= 11 is 11.9. The molecule has 0 bridgehead atoms. The van der Waals surface area contributed by atoms with Gasteiger partial charge in [-0.3, -0.25) is 0 Å². The number of nitrogens with zero attached hydrogens (tertiary/aromatic N) is 1. The number of amides is 2. The zero-order chi connectivity index (χ0) is 15.0. The van der Waals surface area contributed by atoms with Gasteiger partial charge in [-0.1, -0.05) is 23.2 Å². The predicted octanol–water partition coefficient (Wildman–Crippen LogP) is 3.12. The summed E-state index contributed by atoms with van der Waals surface area (Å²) in [4.78, 5) is 13.8. The van der Waals surface area contributed by atoms with Gasteiger partial charge in [0.2, 0.25) is 0 Å². The van der Waals surface area contributed by atoms with Crippen molar-refractivity contribution in [3.63, 3.8) is 0 Å². The SMILES string of the molecule is COCCN(CCOC)C(=O)Nc1cc(Cl)ccc1Cl. The number of carbonyl (C=O) groups is 1. The van der Waals surface area contributed by atoms with E-state index in [-0.39, 0.29) is 6.03 Å². The average Bonchev–Trinajstić information content (AvgIpc) is 2.43. The normalized spacial score (nSPS) is 10.4. The summed E-state index contributed by atoms with van der Waals surface area (Å²) in [5.74, 6) is 0. The molecule has 0 aliphatic carbocycles. The molecular formula is C13H18Cl2N2O3. The Morgan fingerprint density at radius 2 is 1.80 bits per heavy atom. The molecule has 1 aromatic rings. The summed E-state index contributed by atoms with van der Waals surface area (Å²) in [5, 5.41) is 3.66. The molecular weight excluding hydrogens is 303 g/mol. The lowest BCUT2D eigenvalue weighted by atomic mass is 10.3. The minimum absolute atomic E-state index is 0.275. The molecule has 0 fully saturated rings. The van der Waals surface area contributed by atoms with Gasteiger partial charge in [-0.15, -0.1) is 0 Å². The Bertz CT molecular complexity index is 436. The topological polar surface area (TPSA) is 50.8 Å². The van der Waals surface area contributed by atoms with Crippen molar-refractivity contribution in [2.45, 2.75) is 0 Å². The first-order valence-electron chi connectivity index (χ1n) is 6.07. The monoisotopic (exact) mass is 320 g/mol. The predicted molar refractivity (Wildman–Crippen MR) is 80.8 cm³/mol. The lowest BCUT2D eigenvalue weighted by molar-refractivity contribution is 0.127. The van der Waals surface area contributed by atoms with Crippen LogP contribution in [-0.4, -0.2) is 51.5 Å². The first-order chi connectivity index (χ1) is 9.58. The van der Waals surface area contributed by atoms with Crippen molar-refractivity contribution in [2.24, 2.45) is 0 Å². The summed E-state index contributed by atoms with van der Waals surface area (Å²) in [6.07, 6.45) is 0. The fraction of sp³-hybridized carbons (Fsp3) is 0.462. The van der Waals surface area contributed by atoms with Crippen molar-refractivity contribution < 1.29 is 14.3 Å². The molecule has 0 atom stereocenters. The molecule has 112 valence electrons. The number of methoxy groups -OCH3 is 2. The maximum absolute atomic E-state index is 12.2. The Hall–Kier alpha value is -1.01. The summed E-state index contributed by atoms with van der Waals surface area (Å²) in [6.45, 7) is 1.81. The maximum atomic E-state index is 12.2. The summed E-state index contributed by atoms with van der Waals surface area (Å²) in [6, 6.07) is 4.62. The smallest absolute Gasteiger partial charge is 0.322 e. The number of carbonyl (C=O) groups excluding carboxylic acids is 1. The van der Waals surface area contributed by atoms with Gasteiger partial charge >= 0.3 is 6.03 Å². The van der Waals surface area contributed by atoms with E-state index in [1.54, 1.807) is 37.3 Å². The number of hydrogen-bond donors (Lipinski definition) is 1. The van der Waals surface area contributed by atoms with E-state index in [0.29, 0.717) is 42.0 Å². The summed E-state index contributed by atoms with van der Waals surface area (Å²) in [7, 11) is 3.17. The number of nitrogens with one attached hydrogen (secondary N) is 1. The fourth-order valence-corrected chi connectivity index (χ4v) is 1.84. The van der Waals surface area contributed by atoms with Gasteiger partial charge < -0.3 is 19.7 Å². The van der Waals surface area contributed by atoms with Crippen molar-refractivity contribution in [1.29, 1.82) is 0 Å². The van der Waals surface area contributed by atoms with Crippen LogP contribution in [0.25, 0.3) is 0 Å². The molecule has 0 aromatic heterocycles. The molecule has 1 rings (SSSR count). The van der Waals surface area contributed by atoms with Gasteiger partial charge in [0.15, 0.2) is 0 Å². The molecule has 0 saturated heterocycles. The van der Waals surface area contributed by atoms with E-state index in [2.05, 4.69) is 5.32 Å². The molecule has 0 aliphatic heterocycles. The Labute approximate surface area is 128 Å². The van der Waals surface area contributed by atoms with Crippen LogP contribution < -0.4 is 5.32 Å². The highest BCUT2D eigenvalue weighted by Crippen LogP contribution is 2.25. The van der Waals surface area contributed by atoms with Gasteiger partial charge in [-0.05, 0) is 18.2 Å². The van der Waals surface area contributed by atoms with Gasteiger partial charge in [0.1, 0.15) is 0 Å². The highest BCUT2D eigenvalue weighted by atomic mass is 35.5. The van der Waals surface area contributed by atoms with Crippen LogP contribution in [-0.2, 0) is 9.47 Å². The molecule has 0 spiro atoms. The zero-order valence-electron chi connectivity index (χ0n) is 11.5. The number of rotatable bonds is 7. The molecule has 0 saturated carbocycles. The van der Waals surface area contributed by atoms with Gasteiger partial charge in [0.25, 0.3) is 0 Å². The number of anilines is 1. The quantitative estimate of drug-likeness (QED) is 0.839. The second-order valence-electron chi connectivity index (χ2n) is 4.03. The van der Waals surface area contributed by atoms with Gasteiger partial charge in [-0.25, -0.2) is 4.79 Å². The molecule has 0 unspecified atom stereocenters. The largest absolute Gasteiger partial charge is 0.383 e. The van der Waals surface area contributed by atoms with Crippen LogP contribution in [0.4, 0.5) is 10.5 Å². The fourth-order valence-electron chi connectivity index (χ4n) is 1.51. The number of benzene rings is 1. The van der Waals surface area contributed by atoms with E-state index < -0.39 is 0 Å².